The van der Waals surface area contributed by atoms with Gasteiger partial charge in [-0.05, 0) is 23.8 Å². The van der Waals surface area contributed by atoms with Crippen LogP contribution in [0.5, 0.6) is 11.5 Å². The molecule has 2 aromatic carbocycles. The molecule has 3 heteroatoms. The van der Waals surface area contributed by atoms with Gasteiger partial charge in [0.25, 0.3) is 0 Å². The highest BCUT2D eigenvalue weighted by Gasteiger charge is 2.09. The van der Waals surface area contributed by atoms with Crippen LogP contribution in [0.3, 0.4) is 0 Å². The number of rotatable bonds is 5. The van der Waals surface area contributed by atoms with Crippen molar-refractivity contribution in [2.24, 2.45) is 0 Å². The summed E-state index contributed by atoms with van der Waals surface area (Å²) >= 11 is 0. The highest BCUT2D eigenvalue weighted by molar-refractivity contribution is 5.40. The van der Waals surface area contributed by atoms with Gasteiger partial charge in [-0.3, -0.25) is 0 Å². The third-order valence-corrected chi connectivity index (χ3v) is 2.75. The fraction of sp³-hybridized carbons (Fsp3) is 0.200. The van der Waals surface area contributed by atoms with E-state index >= 15 is 0 Å². The summed E-state index contributed by atoms with van der Waals surface area (Å²) in [6.45, 7) is 0.356. The first-order valence-corrected chi connectivity index (χ1v) is 5.78. The molecule has 0 unspecified atom stereocenters. The van der Waals surface area contributed by atoms with E-state index in [1.54, 1.807) is 7.11 Å². The van der Waals surface area contributed by atoms with Crippen LogP contribution in [-0.4, -0.2) is 12.2 Å². The van der Waals surface area contributed by atoms with E-state index in [1.165, 1.54) is 0 Å². The zero-order valence-corrected chi connectivity index (χ0v) is 10.3. The SMILES string of the molecule is COc1cccc(CO)c1COc1ccccc1. The van der Waals surface area contributed by atoms with Crippen LogP contribution in [0.15, 0.2) is 48.5 Å². The molecule has 0 heterocycles. The lowest BCUT2D eigenvalue weighted by molar-refractivity contribution is 0.265. The lowest BCUT2D eigenvalue weighted by Gasteiger charge is -2.13. The van der Waals surface area contributed by atoms with Gasteiger partial charge in [-0.2, -0.15) is 0 Å². The minimum atomic E-state index is -0.0231. The minimum Gasteiger partial charge on any atom is -0.496 e. The Bertz CT molecular complexity index is 472. The molecule has 18 heavy (non-hydrogen) atoms. The molecule has 0 aliphatic rings. The quantitative estimate of drug-likeness (QED) is 0.879. The summed E-state index contributed by atoms with van der Waals surface area (Å²) in [5, 5.41) is 9.32. The van der Waals surface area contributed by atoms with Gasteiger partial charge < -0.3 is 14.6 Å². The van der Waals surface area contributed by atoms with E-state index in [9.17, 15) is 5.11 Å². The average molecular weight is 244 g/mol. The van der Waals surface area contributed by atoms with Crippen molar-refractivity contribution in [2.45, 2.75) is 13.2 Å². The van der Waals surface area contributed by atoms with Crippen LogP contribution in [0.1, 0.15) is 11.1 Å². The molecule has 1 N–H and O–H groups in total. The molecule has 0 atom stereocenters. The summed E-state index contributed by atoms with van der Waals surface area (Å²) < 4.78 is 11.0. The normalized spacial score (nSPS) is 10.1. The molecule has 3 nitrogen and oxygen atoms in total. The molecule has 94 valence electrons. The number of methoxy groups -OCH3 is 1. The number of ether oxygens (including phenoxy) is 2. The van der Waals surface area contributed by atoms with Gasteiger partial charge in [-0.25, -0.2) is 0 Å². The molecule has 0 amide bonds. The van der Waals surface area contributed by atoms with E-state index in [0.717, 1.165) is 22.6 Å². The van der Waals surface area contributed by atoms with Crippen molar-refractivity contribution in [2.75, 3.05) is 7.11 Å². The maximum atomic E-state index is 9.32. The minimum absolute atomic E-state index is 0.0231. The van der Waals surface area contributed by atoms with Crippen LogP contribution in [0, 0.1) is 0 Å². The fourth-order valence-electron chi connectivity index (χ4n) is 1.79. The third-order valence-electron chi connectivity index (χ3n) is 2.75. The van der Waals surface area contributed by atoms with Crippen molar-refractivity contribution in [3.63, 3.8) is 0 Å². The molecule has 0 bridgehead atoms. The van der Waals surface area contributed by atoms with Crippen LogP contribution in [-0.2, 0) is 13.2 Å². The number of para-hydroxylation sites is 1. The van der Waals surface area contributed by atoms with Crippen molar-refractivity contribution in [1.29, 1.82) is 0 Å². The maximum absolute atomic E-state index is 9.32. The first-order chi connectivity index (χ1) is 8.85. The zero-order chi connectivity index (χ0) is 12.8. The molecule has 0 saturated heterocycles. The Kier molecular flexibility index (Phi) is 4.20. The predicted octanol–water partition coefficient (Wildman–Crippen LogP) is 2.77. The standard InChI is InChI=1S/C15H16O3/c1-17-15-9-5-6-12(10-16)14(15)11-18-13-7-3-2-4-8-13/h2-9,16H,10-11H2,1H3. The van der Waals surface area contributed by atoms with Gasteiger partial charge in [0, 0.05) is 5.56 Å². The van der Waals surface area contributed by atoms with Crippen molar-refractivity contribution in [1.82, 2.24) is 0 Å². The van der Waals surface area contributed by atoms with Crippen LogP contribution in [0.25, 0.3) is 0 Å². The summed E-state index contributed by atoms with van der Waals surface area (Å²) in [5.41, 5.74) is 1.71. The third kappa shape index (κ3) is 2.81. The number of aliphatic hydroxyl groups is 1. The van der Waals surface area contributed by atoms with E-state index < -0.39 is 0 Å². The Morgan fingerprint density at radius 3 is 2.44 bits per heavy atom. The average Bonchev–Trinajstić information content (AvgIpc) is 2.45. The second-order valence-electron chi connectivity index (χ2n) is 3.86. The summed E-state index contributed by atoms with van der Waals surface area (Å²) in [6.07, 6.45) is 0. The highest BCUT2D eigenvalue weighted by Crippen LogP contribution is 2.24. The molecule has 2 aromatic rings. The highest BCUT2D eigenvalue weighted by atomic mass is 16.5. The van der Waals surface area contributed by atoms with Crippen LogP contribution in [0.2, 0.25) is 0 Å². The topological polar surface area (TPSA) is 38.7 Å². The van der Waals surface area contributed by atoms with Crippen molar-refractivity contribution in [3.05, 3.63) is 59.7 Å². The summed E-state index contributed by atoms with van der Waals surface area (Å²) in [5.74, 6) is 1.53. The summed E-state index contributed by atoms with van der Waals surface area (Å²) in [6, 6.07) is 15.2. The van der Waals surface area contributed by atoms with Crippen LogP contribution < -0.4 is 9.47 Å². The second kappa shape index (κ2) is 6.07. The van der Waals surface area contributed by atoms with Gasteiger partial charge >= 0.3 is 0 Å². The number of aliphatic hydroxyl groups excluding tert-OH is 1. The lowest BCUT2D eigenvalue weighted by atomic mass is 10.1. The molecule has 0 radical (unpaired) electrons. The van der Waals surface area contributed by atoms with Gasteiger partial charge in [0.2, 0.25) is 0 Å². The van der Waals surface area contributed by atoms with Crippen LogP contribution in [0.4, 0.5) is 0 Å². The Morgan fingerprint density at radius 2 is 1.78 bits per heavy atom. The molecule has 0 saturated carbocycles. The smallest absolute Gasteiger partial charge is 0.125 e. The molecular weight excluding hydrogens is 228 g/mol. The van der Waals surface area contributed by atoms with E-state index in [4.69, 9.17) is 9.47 Å². The summed E-state index contributed by atoms with van der Waals surface area (Å²) in [4.78, 5) is 0. The number of hydrogen-bond acceptors (Lipinski definition) is 3. The first-order valence-electron chi connectivity index (χ1n) is 5.78. The van der Waals surface area contributed by atoms with Gasteiger partial charge in [-0.1, -0.05) is 30.3 Å². The molecule has 2 rings (SSSR count). The molecule has 0 aromatic heterocycles. The van der Waals surface area contributed by atoms with Gasteiger partial charge in [-0.15, -0.1) is 0 Å². The molecular formula is C15H16O3. The van der Waals surface area contributed by atoms with Crippen LogP contribution >= 0.6 is 0 Å². The molecule has 0 aliphatic carbocycles. The lowest BCUT2D eigenvalue weighted by Crippen LogP contribution is -2.03. The van der Waals surface area contributed by atoms with E-state index in [2.05, 4.69) is 0 Å². The van der Waals surface area contributed by atoms with E-state index in [1.807, 2.05) is 48.5 Å². The maximum Gasteiger partial charge on any atom is 0.125 e. The summed E-state index contributed by atoms with van der Waals surface area (Å²) in [7, 11) is 1.61. The van der Waals surface area contributed by atoms with E-state index in [-0.39, 0.29) is 6.61 Å². The Labute approximate surface area is 107 Å². The largest absolute Gasteiger partial charge is 0.496 e. The van der Waals surface area contributed by atoms with Crippen molar-refractivity contribution >= 4 is 0 Å². The first kappa shape index (κ1) is 12.5. The van der Waals surface area contributed by atoms with Crippen molar-refractivity contribution in [3.8, 4) is 11.5 Å². The van der Waals surface area contributed by atoms with Gasteiger partial charge in [0.15, 0.2) is 0 Å². The van der Waals surface area contributed by atoms with Gasteiger partial charge in [0.1, 0.15) is 18.1 Å². The fourth-order valence-corrected chi connectivity index (χ4v) is 1.79. The van der Waals surface area contributed by atoms with Crippen molar-refractivity contribution < 1.29 is 14.6 Å². The number of hydrogen-bond donors (Lipinski definition) is 1. The Balaban J connectivity index is 2.17. The number of benzene rings is 2. The van der Waals surface area contributed by atoms with E-state index in [0.29, 0.717) is 6.61 Å². The monoisotopic (exact) mass is 244 g/mol. The predicted molar refractivity (Wildman–Crippen MR) is 69.7 cm³/mol. The Morgan fingerprint density at radius 1 is 1.00 bits per heavy atom. The zero-order valence-electron chi connectivity index (χ0n) is 10.3. The molecule has 0 aliphatic heterocycles. The molecule has 0 spiro atoms. The molecule has 0 fully saturated rings. The Hall–Kier alpha value is -2.00. The van der Waals surface area contributed by atoms with Gasteiger partial charge in [0.05, 0.1) is 13.7 Å². The second-order valence-corrected chi connectivity index (χ2v) is 3.86.